The van der Waals surface area contributed by atoms with E-state index in [0.29, 0.717) is 9.46 Å². The molecule has 0 saturated carbocycles. The van der Waals surface area contributed by atoms with Crippen molar-refractivity contribution in [1.82, 2.24) is 9.97 Å². The van der Waals surface area contributed by atoms with Gasteiger partial charge in [0.05, 0.1) is 24.8 Å². The predicted molar refractivity (Wildman–Crippen MR) is 68.1 cm³/mol. The summed E-state index contributed by atoms with van der Waals surface area (Å²) in [5.74, 6) is 0. The first-order valence-corrected chi connectivity index (χ1v) is 3.76. The summed E-state index contributed by atoms with van der Waals surface area (Å²) in [4.78, 5) is 7.25. The van der Waals surface area contributed by atoms with E-state index in [2.05, 4.69) is 9.97 Å². The minimum atomic E-state index is 0. The lowest BCUT2D eigenvalue weighted by Crippen LogP contribution is -2.23. The van der Waals surface area contributed by atoms with Crippen molar-refractivity contribution in [2.45, 2.75) is 0 Å². The maximum atomic E-state index is 10.1. The Morgan fingerprint density at radius 1 is 0.588 bits per heavy atom. The van der Waals surface area contributed by atoms with Gasteiger partial charge in [0.15, 0.2) is 24.8 Å². The molecule has 17 heavy (non-hydrogen) atoms. The molecule has 0 unspecified atom stereocenters. The van der Waals surface area contributed by atoms with Crippen LogP contribution in [0.5, 0.6) is 0 Å². The van der Waals surface area contributed by atoms with Gasteiger partial charge in [-0.15, -0.1) is 37.2 Å². The highest BCUT2D eigenvalue weighted by molar-refractivity contribution is 5.86. The molecule has 9 heteroatoms. The second-order valence-corrected chi connectivity index (χ2v) is 2.21. The van der Waals surface area contributed by atoms with Crippen LogP contribution in [0.25, 0.3) is 0 Å². The summed E-state index contributed by atoms with van der Waals surface area (Å²) in [6.07, 6.45) is 11.1. The highest BCUT2D eigenvalue weighted by Gasteiger charge is 1.76. The second-order valence-electron chi connectivity index (χ2n) is 2.21. The summed E-state index contributed by atoms with van der Waals surface area (Å²) < 4.78 is 1.38. The van der Waals surface area contributed by atoms with Crippen molar-refractivity contribution in [3.63, 3.8) is 0 Å². The highest BCUT2D eigenvalue weighted by Crippen LogP contribution is 1.64. The Labute approximate surface area is 117 Å². The van der Waals surface area contributed by atoms with Crippen molar-refractivity contribution < 1.29 is 9.46 Å². The van der Waals surface area contributed by atoms with Crippen LogP contribution in [0.3, 0.4) is 0 Å². The Kier molecular flexibility index (Phi) is 15.7. The molecule has 2 rings (SSSR count). The molecule has 0 aliphatic heterocycles. The van der Waals surface area contributed by atoms with Crippen molar-refractivity contribution in [1.29, 1.82) is 0 Å². The molecule has 0 saturated heterocycles. The standard InChI is InChI=1S/2C4H4N2O.3ClH/c2*7-6-3-1-5-2-4-6;;;/h2*1-4H;3*1H. The topological polar surface area (TPSA) is 79.7 Å². The third-order valence-electron chi connectivity index (χ3n) is 1.20. The van der Waals surface area contributed by atoms with Crippen LogP contribution >= 0.6 is 37.2 Å². The lowest BCUT2D eigenvalue weighted by atomic mass is 10.8. The van der Waals surface area contributed by atoms with Gasteiger partial charge in [0.25, 0.3) is 0 Å². The molecule has 0 fully saturated rings. The number of aromatic nitrogens is 4. The summed E-state index contributed by atoms with van der Waals surface area (Å²) in [5, 5.41) is 20.3. The third-order valence-corrected chi connectivity index (χ3v) is 1.20. The van der Waals surface area contributed by atoms with Gasteiger partial charge >= 0.3 is 0 Å². The van der Waals surface area contributed by atoms with E-state index in [4.69, 9.17) is 0 Å². The van der Waals surface area contributed by atoms with Crippen molar-refractivity contribution in [3.8, 4) is 0 Å². The van der Waals surface area contributed by atoms with Gasteiger partial charge in [0.1, 0.15) is 0 Å². The van der Waals surface area contributed by atoms with Gasteiger partial charge in [-0.3, -0.25) is 9.97 Å². The van der Waals surface area contributed by atoms with Crippen molar-refractivity contribution in [2.75, 3.05) is 0 Å². The molecule has 0 bridgehead atoms. The molecule has 2 heterocycles. The predicted octanol–water partition coefficient (Wildman–Crippen LogP) is 0.695. The van der Waals surface area contributed by atoms with Gasteiger partial charge in [0, 0.05) is 0 Å². The normalized spacial score (nSPS) is 7.06. The highest BCUT2D eigenvalue weighted by atomic mass is 35.5. The molecule has 0 aliphatic rings. The fourth-order valence-corrected chi connectivity index (χ4v) is 0.616. The maximum absolute atomic E-state index is 10.1. The molecule has 0 amide bonds. The fourth-order valence-electron chi connectivity index (χ4n) is 0.616. The molecule has 0 atom stereocenters. The second kappa shape index (κ2) is 12.7. The monoisotopic (exact) mass is 300 g/mol. The lowest BCUT2D eigenvalue weighted by Gasteiger charge is -1.87. The van der Waals surface area contributed by atoms with Crippen LogP contribution in [0, 0.1) is 10.4 Å². The first-order valence-electron chi connectivity index (χ1n) is 3.76. The molecule has 0 spiro atoms. The quantitative estimate of drug-likeness (QED) is 0.530. The van der Waals surface area contributed by atoms with Crippen molar-refractivity contribution >= 4 is 37.2 Å². The van der Waals surface area contributed by atoms with E-state index >= 15 is 0 Å². The van der Waals surface area contributed by atoms with Crippen LogP contribution in [0.2, 0.25) is 0 Å². The average Bonchev–Trinajstić information content (AvgIpc) is 2.21. The molecular weight excluding hydrogens is 290 g/mol. The van der Waals surface area contributed by atoms with Gasteiger partial charge in [-0.25, -0.2) is 0 Å². The smallest absolute Gasteiger partial charge is 0.198 e. The zero-order valence-corrected chi connectivity index (χ0v) is 10.9. The van der Waals surface area contributed by atoms with E-state index in [-0.39, 0.29) is 37.2 Å². The zero-order chi connectivity index (χ0) is 10.2. The van der Waals surface area contributed by atoms with E-state index in [1.165, 1.54) is 49.6 Å². The summed E-state index contributed by atoms with van der Waals surface area (Å²) in [6.45, 7) is 0. The summed E-state index contributed by atoms with van der Waals surface area (Å²) in [6, 6.07) is 0. The van der Waals surface area contributed by atoms with E-state index in [0.717, 1.165) is 0 Å². The molecule has 96 valence electrons. The first kappa shape index (κ1) is 21.0. The molecule has 0 aromatic carbocycles. The van der Waals surface area contributed by atoms with Crippen LogP contribution in [0.15, 0.2) is 49.6 Å². The van der Waals surface area contributed by atoms with Crippen LogP contribution in [-0.2, 0) is 0 Å². The van der Waals surface area contributed by atoms with Crippen molar-refractivity contribution in [3.05, 3.63) is 60.0 Å². The van der Waals surface area contributed by atoms with Gasteiger partial charge in [0.2, 0.25) is 0 Å². The average molecular weight is 302 g/mol. The van der Waals surface area contributed by atoms with Gasteiger partial charge in [-0.1, -0.05) is 0 Å². The molecule has 0 aliphatic carbocycles. The van der Waals surface area contributed by atoms with Crippen molar-refractivity contribution in [2.24, 2.45) is 0 Å². The number of hydrogen-bond acceptors (Lipinski definition) is 4. The van der Waals surface area contributed by atoms with E-state index in [1.54, 1.807) is 0 Å². The minimum absolute atomic E-state index is 0. The first-order chi connectivity index (χ1) is 6.79. The molecule has 0 radical (unpaired) electrons. The van der Waals surface area contributed by atoms with E-state index in [9.17, 15) is 10.4 Å². The Morgan fingerprint density at radius 2 is 0.824 bits per heavy atom. The number of nitrogens with zero attached hydrogens (tertiary/aromatic N) is 4. The summed E-state index contributed by atoms with van der Waals surface area (Å²) >= 11 is 0. The largest absolute Gasteiger partial charge is 0.619 e. The number of hydrogen-bond donors (Lipinski definition) is 0. The molecule has 2 aromatic heterocycles. The Morgan fingerprint density at radius 3 is 0.941 bits per heavy atom. The Balaban J connectivity index is -0.000000196. The number of halogens is 3. The van der Waals surface area contributed by atoms with Crippen LogP contribution < -0.4 is 9.46 Å². The maximum Gasteiger partial charge on any atom is 0.198 e. The van der Waals surface area contributed by atoms with Gasteiger partial charge < -0.3 is 10.4 Å². The molecule has 6 nitrogen and oxygen atoms in total. The van der Waals surface area contributed by atoms with Crippen LogP contribution in [-0.4, -0.2) is 9.97 Å². The van der Waals surface area contributed by atoms with Crippen LogP contribution in [0.4, 0.5) is 0 Å². The molecular formula is C8H11Cl3N4O2. The summed E-state index contributed by atoms with van der Waals surface area (Å²) in [7, 11) is 0. The summed E-state index contributed by atoms with van der Waals surface area (Å²) in [5.41, 5.74) is 0. The van der Waals surface area contributed by atoms with Crippen LogP contribution in [0.1, 0.15) is 0 Å². The van der Waals surface area contributed by atoms with Gasteiger partial charge in [-0.05, 0) is 0 Å². The zero-order valence-electron chi connectivity index (χ0n) is 8.45. The Bertz CT molecular complexity index is 328. The van der Waals surface area contributed by atoms with Gasteiger partial charge in [-0.2, -0.15) is 9.46 Å². The lowest BCUT2D eigenvalue weighted by molar-refractivity contribution is -0.606. The van der Waals surface area contributed by atoms with E-state index in [1.807, 2.05) is 0 Å². The minimum Gasteiger partial charge on any atom is -0.619 e. The molecule has 0 N–H and O–H groups in total. The Hall–Kier alpha value is -1.37. The fraction of sp³-hybridized carbons (Fsp3) is 0. The SMILES string of the molecule is Cl.Cl.Cl.[O-][n+]1ccncc1.[O-][n+]1ccncc1. The number of rotatable bonds is 0. The third kappa shape index (κ3) is 10.9. The van der Waals surface area contributed by atoms with E-state index < -0.39 is 0 Å². The molecule has 2 aromatic rings.